The molecule has 1 heterocycles. The van der Waals surface area contributed by atoms with E-state index in [1.807, 2.05) is 6.07 Å². The highest BCUT2D eigenvalue weighted by atomic mass is 16.4. The number of carboxylic acid groups (broad SMARTS) is 1. The van der Waals surface area contributed by atoms with E-state index in [-0.39, 0.29) is 5.56 Å². The van der Waals surface area contributed by atoms with Gasteiger partial charge in [-0.15, -0.1) is 0 Å². The molecular weight excluding hydrogens is 256 g/mol. The van der Waals surface area contributed by atoms with E-state index < -0.39 is 5.97 Å². The van der Waals surface area contributed by atoms with E-state index in [0.717, 1.165) is 5.56 Å². The normalized spacial score (nSPS) is 10.3. The second kappa shape index (κ2) is 4.52. The molecule has 0 unspecified atom stereocenters. The summed E-state index contributed by atoms with van der Waals surface area (Å²) in [7, 11) is 0. The van der Waals surface area contributed by atoms with Crippen LogP contribution in [-0.2, 0) is 0 Å². The average molecular weight is 264 g/mol. The number of hydrogen-bond acceptors (Lipinski definition) is 4. The lowest BCUT2D eigenvalue weighted by molar-refractivity contribution is 0.0697. The largest absolute Gasteiger partial charge is 0.478 e. The maximum atomic E-state index is 10.9. The Morgan fingerprint density at radius 1 is 1.20 bits per heavy atom. The summed E-state index contributed by atoms with van der Waals surface area (Å²) in [4.78, 5) is 15.2. The molecule has 0 saturated carbocycles. The van der Waals surface area contributed by atoms with Crippen LogP contribution in [0.2, 0.25) is 0 Å². The number of rotatable bonds is 2. The molecule has 1 aromatic heterocycles. The number of carbonyl (C=O) groups is 1. The van der Waals surface area contributed by atoms with Crippen molar-refractivity contribution < 1.29 is 14.3 Å². The van der Waals surface area contributed by atoms with Crippen LogP contribution in [0.5, 0.6) is 0 Å². The van der Waals surface area contributed by atoms with Crippen molar-refractivity contribution in [2.75, 3.05) is 0 Å². The summed E-state index contributed by atoms with van der Waals surface area (Å²) in [6.07, 6.45) is 0. The van der Waals surface area contributed by atoms with Crippen LogP contribution in [-0.4, -0.2) is 16.1 Å². The highest BCUT2D eigenvalue weighted by Gasteiger charge is 2.11. The molecule has 0 aliphatic rings. The fraction of sp³-hybridized carbons (Fsp3) is 0. The van der Waals surface area contributed by atoms with Crippen molar-refractivity contribution in [2.24, 2.45) is 0 Å². The van der Waals surface area contributed by atoms with Gasteiger partial charge in [-0.3, -0.25) is 0 Å². The highest BCUT2D eigenvalue weighted by Crippen LogP contribution is 2.25. The van der Waals surface area contributed by atoms with Gasteiger partial charge in [-0.1, -0.05) is 0 Å². The first-order chi connectivity index (χ1) is 9.67. The molecule has 0 radical (unpaired) electrons. The van der Waals surface area contributed by atoms with E-state index in [0.29, 0.717) is 22.6 Å². The quantitative estimate of drug-likeness (QED) is 0.768. The molecule has 96 valence electrons. The van der Waals surface area contributed by atoms with Crippen molar-refractivity contribution in [2.45, 2.75) is 0 Å². The molecule has 0 fully saturated rings. The Labute approximate surface area is 113 Å². The molecule has 2 aromatic carbocycles. The Morgan fingerprint density at radius 2 is 1.95 bits per heavy atom. The zero-order valence-electron chi connectivity index (χ0n) is 10.2. The summed E-state index contributed by atoms with van der Waals surface area (Å²) >= 11 is 0. The maximum Gasteiger partial charge on any atom is 0.335 e. The van der Waals surface area contributed by atoms with Gasteiger partial charge in [0.2, 0.25) is 5.89 Å². The molecule has 3 aromatic rings. The summed E-state index contributed by atoms with van der Waals surface area (Å²) in [5, 5.41) is 17.7. The maximum absolute atomic E-state index is 10.9. The number of fused-ring (bicyclic) bond motifs is 1. The Bertz CT molecular complexity index is 842. The van der Waals surface area contributed by atoms with Gasteiger partial charge in [0.25, 0.3) is 0 Å². The van der Waals surface area contributed by atoms with Gasteiger partial charge >= 0.3 is 5.97 Å². The molecule has 20 heavy (non-hydrogen) atoms. The van der Waals surface area contributed by atoms with E-state index in [1.165, 1.54) is 12.1 Å². The number of carboxylic acids is 1. The average Bonchev–Trinajstić information content (AvgIpc) is 2.90. The summed E-state index contributed by atoms with van der Waals surface area (Å²) in [5.41, 5.74) is 2.46. The van der Waals surface area contributed by atoms with Crippen molar-refractivity contribution in [3.63, 3.8) is 0 Å². The molecular formula is C15H8N2O3. The third kappa shape index (κ3) is 1.99. The monoisotopic (exact) mass is 264 g/mol. The lowest BCUT2D eigenvalue weighted by atomic mass is 10.1. The Hall–Kier alpha value is -3.13. The smallest absolute Gasteiger partial charge is 0.335 e. The van der Waals surface area contributed by atoms with Crippen LogP contribution < -0.4 is 0 Å². The standard InChI is InChI=1S/C15H8N2O3/c16-8-9-1-3-10(4-2-9)14-17-12-7-11(15(18)19)5-6-13(12)20-14/h1-7H,(H,18,19). The van der Waals surface area contributed by atoms with Gasteiger partial charge in [0.1, 0.15) is 5.52 Å². The number of aromatic nitrogens is 1. The molecule has 1 N–H and O–H groups in total. The predicted octanol–water partition coefficient (Wildman–Crippen LogP) is 3.06. The van der Waals surface area contributed by atoms with E-state index in [2.05, 4.69) is 4.98 Å². The zero-order valence-corrected chi connectivity index (χ0v) is 10.2. The number of benzene rings is 2. The first kappa shape index (κ1) is 11.9. The molecule has 0 aliphatic heterocycles. The van der Waals surface area contributed by atoms with Crippen molar-refractivity contribution in [1.82, 2.24) is 4.98 Å². The van der Waals surface area contributed by atoms with E-state index in [9.17, 15) is 4.79 Å². The molecule has 3 rings (SSSR count). The van der Waals surface area contributed by atoms with Gasteiger partial charge in [0.15, 0.2) is 5.58 Å². The summed E-state index contributed by atoms with van der Waals surface area (Å²) in [5.74, 6) is -0.609. The van der Waals surface area contributed by atoms with Crippen LogP contribution in [0.3, 0.4) is 0 Å². The van der Waals surface area contributed by atoms with Crippen molar-refractivity contribution >= 4 is 17.1 Å². The third-order valence-electron chi connectivity index (χ3n) is 2.90. The predicted molar refractivity (Wildman–Crippen MR) is 71.1 cm³/mol. The van der Waals surface area contributed by atoms with Gasteiger partial charge in [-0.25, -0.2) is 9.78 Å². The number of hydrogen-bond donors (Lipinski definition) is 1. The minimum absolute atomic E-state index is 0.164. The number of oxazole rings is 1. The molecule has 0 spiro atoms. The number of nitrogens with zero attached hydrogens (tertiary/aromatic N) is 2. The lowest BCUT2D eigenvalue weighted by Gasteiger charge is -1.93. The van der Waals surface area contributed by atoms with Crippen LogP contribution in [0.25, 0.3) is 22.6 Å². The first-order valence-corrected chi connectivity index (χ1v) is 5.82. The SMILES string of the molecule is N#Cc1ccc(-c2nc3cc(C(=O)O)ccc3o2)cc1. The molecule has 0 saturated heterocycles. The molecule has 5 heteroatoms. The van der Waals surface area contributed by atoms with Crippen LogP contribution in [0.15, 0.2) is 46.9 Å². The molecule has 0 aliphatic carbocycles. The number of aromatic carboxylic acids is 1. The highest BCUT2D eigenvalue weighted by molar-refractivity contribution is 5.92. The second-order valence-corrected chi connectivity index (χ2v) is 4.20. The Kier molecular flexibility index (Phi) is 2.70. The lowest BCUT2D eigenvalue weighted by Crippen LogP contribution is -1.94. The summed E-state index contributed by atoms with van der Waals surface area (Å²) < 4.78 is 5.58. The van der Waals surface area contributed by atoms with Crippen molar-refractivity contribution in [1.29, 1.82) is 5.26 Å². The molecule has 5 nitrogen and oxygen atoms in total. The van der Waals surface area contributed by atoms with E-state index in [1.54, 1.807) is 30.3 Å². The van der Waals surface area contributed by atoms with Crippen LogP contribution >= 0.6 is 0 Å². The van der Waals surface area contributed by atoms with Crippen LogP contribution in [0.1, 0.15) is 15.9 Å². The minimum Gasteiger partial charge on any atom is -0.478 e. The fourth-order valence-electron chi connectivity index (χ4n) is 1.87. The van der Waals surface area contributed by atoms with E-state index in [4.69, 9.17) is 14.8 Å². The molecule has 0 amide bonds. The Morgan fingerprint density at radius 3 is 2.60 bits per heavy atom. The van der Waals surface area contributed by atoms with Crippen LogP contribution in [0, 0.1) is 11.3 Å². The van der Waals surface area contributed by atoms with Gasteiger partial charge in [-0.2, -0.15) is 5.26 Å². The summed E-state index contributed by atoms with van der Waals surface area (Å²) in [6, 6.07) is 13.4. The number of nitriles is 1. The van der Waals surface area contributed by atoms with E-state index >= 15 is 0 Å². The first-order valence-electron chi connectivity index (χ1n) is 5.82. The van der Waals surface area contributed by atoms with Crippen molar-refractivity contribution in [3.05, 3.63) is 53.6 Å². The van der Waals surface area contributed by atoms with Gasteiger partial charge in [0.05, 0.1) is 17.2 Å². The second-order valence-electron chi connectivity index (χ2n) is 4.20. The van der Waals surface area contributed by atoms with Crippen LogP contribution in [0.4, 0.5) is 0 Å². The van der Waals surface area contributed by atoms with Gasteiger partial charge in [0, 0.05) is 5.56 Å². The van der Waals surface area contributed by atoms with Gasteiger partial charge in [-0.05, 0) is 42.5 Å². The Balaban J connectivity index is 2.08. The molecule has 0 bridgehead atoms. The fourth-order valence-corrected chi connectivity index (χ4v) is 1.87. The summed E-state index contributed by atoms with van der Waals surface area (Å²) in [6.45, 7) is 0. The van der Waals surface area contributed by atoms with Crippen molar-refractivity contribution in [3.8, 4) is 17.5 Å². The van der Waals surface area contributed by atoms with Gasteiger partial charge < -0.3 is 9.52 Å². The molecule has 0 atom stereocenters. The third-order valence-corrected chi connectivity index (χ3v) is 2.90. The topological polar surface area (TPSA) is 87.1 Å². The zero-order chi connectivity index (χ0) is 14.1. The minimum atomic E-state index is -1.00.